The Bertz CT molecular complexity index is 541. The van der Waals surface area contributed by atoms with E-state index < -0.39 is 6.10 Å². The van der Waals surface area contributed by atoms with E-state index in [2.05, 4.69) is 30.0 Å². The molecule has 0 aromatic heterocycles. The lowest BCUT2D eigenvalue weighted by Gasteiger charge is -2.00. The molecule has 2 aromatic carbocycles. The molecular formula is C15H14O. The quantitative estimate of drug-likeness (QED) is 0.717. The van der Waals surface area contributed by atoms with Crippen molar-refractivity contribution in [3.05, 3.63) is 48.0 Å². The minimum Gasteiger partial charge on any atom is -0.380 e. The van der Waals surface area contributed by atoms with Crippen LogP contribution < -0.4 is 0 Å². The number of benzene rings is 2. The van der Waals surface area contributed by atoms with Crippen molar-refractivity contribution < 1.29 is 5.11 Å². The molecule has 0 saturated carbocycles. The molecule has 0 fully saturated rings. The summed E-state index contributed by atoms with van der Waals surface area (Å²) in [6.07, 6.45) is 0.136. The van der Waals surface area contributed by atoms with Crippen LogP contribution in [0.25, 0.3) is 10.8 Å². The third kappa shape index (κ3) is 2.24. The Balaban J connectivity index is 2.47. The highest BCUT2D eigenvalue weighted by molar-refractivity contribution is 5.88. The summed E-state index contributed by atoms with van der Waals surface area (Å²) in [6.45, 7) is 1.92. The largest absolute Gasteiger partial charge is 0.380 e. The highest BCUT2D eigenvalue weighted by atomic mass is 16.3. The summed E-state index contributed by atoms with van der Waals surface area (Å²) >= 11 is 0. The fourth-order valence-corrected chi connectivity index (χ4v) is 1.60. The lowest BCUT2D eigenvalue weighted by Crippen LogP contribution is -1.98. The Labute approximate surface area is 95.7 Å². The second kappa shape index (κ2) is 4.83. The van der Waals surface area contributed by atoms with E-state index in [1.807, 2.05) is 31.2 Å². The minimum absolute atomic E-state index is 0.529. The molecule has 0 aliphatic rings. The fourth-order valence-electron chi connectivity index (χ4n) is 1.60. The molecule has 1 unspecified atom stereocenters. The fraction of sp³-hybridized carbons (Fsp3) is 0.200. The van der Waals surface area contributed by atoms with Gasteiger partial charge < -0.3 is 5.11 Å². The van der Waals surface area contributed by atoms with Crippen LogP contribution in [0.2, 0.25) is 0 Å². The molecule has 1 nitrogen and oxygen atoms in total. The van der Waals surface area contributed by atoms with Gasteiger partial charge in [0, 0.05) is 5.56 Å². The summed E-state index contributed by atoms with van der Waals surface area (Å²) in [5.41, 5.74) is 0.977. The van der Waals surface area contributed by atoms with E-state index in [0.717, 1.165) is 10.9 Å². The number of hydrogen-bond acceptors (Lipinski definition) is 1. The van der Waals surface area contributed by atoms with E-state index in [9.17, 15) is 5.11 Å². The van der Waals surface area contributed by atoms with Crippen LogP contribution in [0.1, 0.15) is 18.9 Å². The minimum atomic E-state index is -0.529. The first-order chi connectivity index (χ1) is 7.81. The van der Waals surface area contributed by atoms with Crippen molar-refractivity contribution in [1.29, 1.82) is 0 Å². The molecule has 1 N–H and O–H groups in total. The molecule has 0 amide bonds. The van der Waals surface area contributed by atoms with Gasteiger partial charge in [-0.05, 0) is 23.3 Å². The average Bonchev–Trinajstić information content (AvgIpc) is 2.35. The average molecular weight is 210 g/mol. The molecule has 0 aliphatic carbocycles. The van der Waals surface area contributed by atoms with Gasteiger partial charge >= 0.3 is 0 Å². The van der Waals surface area contributed by atoms with Crippen molar-refractivity contribution in [3.8, 4) is 11.8 Å². The van der Waals surface area contributed by atoms with E-state index in [4.69, 9.17) is 0 Å². The van der Waals surface area contributed by atoms with Crippen molar-refractivity contribution in [2.75, 3.05) is 0 Å². The number of rotatable bonds is 1. The van der Waals surface area contributed by atoms with Gasteiger partial charge in [-0.3, -0.25) is 0 Å². The lowest BCUT2D eigenvalue weighted by molar-refractivity contribution is 0.228. The van der Waals surface area contributed by atoms with Gasteiger partial charge in [0.15, 0.2) is 0 Å². The molecule has 0 spiro atoms. The van der Waals surface area contributed by atoms with Crippen LogP contribution in [0.15, 0.2) is 42.5 Å². The molecule has 1 atom stereocenters. The monoisotopic (exact) mass is 210 g/mol. The van der Waals surface area contributed by atoms with E-state index in [1.165, 1.54) is 5.39 Å². The van der Waals surface area contributed by atoms with Gasteiger partial charge in [0.1, 0.15) is 6.10 Å². The summed E-state index contributed by atoms with van der Waals surface area (Å²) in [5, 5.41) is 11.7. The maximum atomic E-state index is 9.42. The first-order valence-corrected chi connectivity index (χ1v) is 5.48. The van der Waals surface area contributed by atoms with Gasteiger partial charge in [-0.25, -0.2) is 0 Å². The van der Waals surface area contributed by atoms with Crippen LogP contribution in [-0.2, 0) is 0 Å². The molecule has 0 heterocycles. The van der Waals surface area contributed by atoms with Crippen LogP contribution in [0.5, 0.6) is 0 Å². The van der Waals surface area contributed by atoms with Gasteiger partial charge in [-0.2, -0.15) is 0 Å². The van der Waals surface area contributed by atoms with Gasteiger partial charge in [0.2, 0.25) is 0 Å². The Kier molecular flexibility index (Phi) is 3.24. The number of fused-ring (bicyclic) bond motifs is 1. The second-order valence-corrected chi connectivity index (χ2v) is 3.72. The number of aliphatic hydroxyl groups excluding tert-OH is 1. The molecule has 2 aromatic rings. The van der Waals surface area contributed by atoms with E-state index >= 15 is 0 Å². The van der Waals surface area contributed by atoms with E-state index in [0.29, 0.717) is 6.42 Å². The van der Waals surface area contributed by atoms with Gasteiger partial charge in [0.05, 0.1) is 0 Å². The molecule has 0 aliphatic heterocycles. The molecule has 80 valence electrons. The summed E-state index contributed by atoms with van der Waals surface area (Å²) in [4.78, 5) is 0. The highest BCUT2D eigenvalue weighted by Gasteiger charge is 1.97. The molecule has 0 saturated heterocycles. The summed E-state index contributed by atoms with van der Waals surface area (Å²) in [5.74, 6) is 5.88. The Morgan fingerprint density at radius 3 is 2.69 bits per heavy atom. The highest BCUT2D eigenvalue weighted by Crippen LogP contribution is 2.17. The van der Waals surface area contributed by atoms with Crippen LogP contribution in [-0.4, -0.2) is 11.2 Å². The third-order valence-corrected chi connectivity index (χ3v) is 2.55. The topological polar surface area (TPSA) is 20.2 Å². The van der Waals surface area contributed by atoms with Crippen molar-refractivity contribution >= 4 is 10.8 Å². The van der Waals surface area contributed by atoms with Crippen LogP contribution in [0, 0.1) is 11.8 Å². The molecule has 0 bridgehead atoms. The Morgan fingerprint density at radius 2 is 1.88 bits per heavy atom. The second-order valence-electron chi connectivity index (χ2n) is 3.72. The Hall–Kier alpha value is -1.78. The normalized spacial score (nSPS) is 11.9. The Morgan fingerprint density at radius 1 is 1.12 bits per heavy atom. The van der Waals surface area contributed by atoms with Crippen molar-refractivity contribution in [3.63, 3.8) is 0 Å². The zero-order chi connectivity index (χ0) is 11.4. The standard InChI is InChI=1S/C15H14O/c1-2-14(16)11-10-13-8-5-7-12-6-3-4-9-15(12)13/h3-9,14,16H,2H2,1H3. The molecule has 0 radical (unpaired) electrons. The number of aliphatic hydroxyl groups is 1. The number of hydrogen-bond donors (Lipinski definition) is 1. The SMILES string of the molecule is CCC(O)C#Cc1cccc2ccccc12. The zero-order valence-electron chi connectivity index (χ0n) is 9.27. The third-order valence-electron chi connectivity index (χ3n) is 2.55. The van der Waals surface area contributed by atoms with Crippen molar-refractivity contribution in [2.45, 2.75) is 19.4 Å². The summed E-state index contributed by atoms with van der Waals surface area (Å²) in [6, 6.07) is 14.2. The predicted octanol–water partition coefficient (Wildman–Crippen LogP) is 2.96. The predicted molar refractivity (Wildman–Crippen MR) is 67.1 cm³/mol. The molecule has 2 rings (SSSR count). The van der Waals surface area contributed by atoms with Gasteiger partial charge in [-0.1, -0.05) is 55.2 Å². The summed E-state index contributed by atoms with van der Waals surface area (Å²) < 4.78 is 0. The van der Waals surface area contributed by atoms with E-state index in [1.54, 1.807) is 0 Å². The van der Waals surface area contributed by atoms with Gasteiger partial charge in [0.25, 0.3) is 0 Å². The smallest absolute Gasteiger partial charge is 0.114 e. The van der Waals surface area contributed by atoms with Gasteiger partial charge in [-0.15, -0.1) is 0 Å². The van der Waals surface area contributed by atoms with Crippen LogP contribution >= 0.6 is 0 Å². The first-order valence-electron chi connectivity index (χ1n) is 5.48. The first kappa shape index (κ1) is 10.7. The zero-order valence-corrected chi connectivity index (χ0v) is 9.27. The maximum Gasteiger partial charge on any atom is 0.114 e. The maximum absolute atomic E-state index is 9.42. The van der Waals surface area contributed by atoms with Crippen LogP contribution in [0.3, 0.4) is 0 Å². The van der Waals surface area contributed by atoms with E-state index in [-0.39, 0.29) is 0 Å². The molecular weight excluding hydrogens is 196 g/mol. The molecule has 1 heteroatoms. The molecule has 16 heavy (non-hydrogen) atoms. The lowest BCUT2D eigenvalue weighted by atomic mass is 10.0. The van der Waals surface area contributed by atoms with Crippen molar-refractivity contribution in [1.82, 2.24) is 0 Å². The summed E-state index contributed by atoms with van der Waals surface area (Å²) in [7, 11) is 0. The van der Waals surface area contributed by atoms with Crippen LogP contribution in [0.4, 0.5) is 0 Å². The van der Waals surface area contributed by atoms with Crippen molar-refractivity contribution in [2.24, 2.45) is 0 Å².